The Morgan fingerprint density at radius 3 is 2.42 bits per heavy atom. The molecule has 0 saturated heterocycles. The summed E-state index contributed by atoms with van der Waals surface area (Å²) in [6.45, 7) is 9.46. The van der Waals surface area contributed by atoms with E-state index in [9.17, 15) is 27.7 Å². The van der Waals surface area contributed by atoms with Gasteiger partial charge in [-0.2, -0.15) is 13.5 Å². The number of hydrogen-bond donors (Lipinski definition) is 2. The second-order valence-corrected chi connectivity index (χ2v) is 8.59. The van der Waals surface area contributed by atoms with Crippen LogP contribution in [-0.2, 0) is 23.2 Å². The van der Waals surface area contributed by atoms with E-state index < -0.39 is 27.2 Å². The van der Waals surface area contributed by atoms with Gasteiger partial charge in [0.1, 0.15) is 5.56 Å². The lowest BCUT2D eigenvalue weighted by Crippen LogP contribution is -2.40. The maximum atomic E-state index is 12.6. The minimum absolute atomic E-state index is 0.0222. The molecule has 0 spiro atoms. The number of rotatable bonds is 6. The summed E-state index contributed by atoms with van der Waals surface area (Å²) in [7, 11) is -4.38. The summed E-state index contributed by atoms with van der Waals surface area (Å²) in [5.74, 6) is -0.411. The van der Waals surface area contributed by atoms with Crippen LogP contribution in [0.1, 0.15) is 25.1 Å². The largest absolute Gasteiger partial charge is 0.494 e. The van der Waals surface area contributed by atoms with Crippen molar-refractivity contribution in [3.05, 3.63) is 73.0 Å². The zero-order valence-corrected chi connectivity index (χ0v) is 19.2. The van der Waals surface area contributed by atoms with E-state index in [1.165, 1.54) is 29.0 Å². The van der Waals surface area contributed by atoms with E-state index >= 15 is 0 Å². The first-order valence-corrected chi connectivity index (χ1v) is 11.5. The third-order valence-electron chi connectivity index (χ3n) is 5.16. The van der Waals surface area contributed by atoms with Crippen molar-refractivity contribution in [1.82, 2.24) is 18.9 Å². The number of aromatic nitrogens is 4. The summed E-state index contributed by atoms with van der Waals surface area (Å²) in [6, 6.07) is 5.63. The van der Waals surface area contributed by atoms with Gasteiger partial charge in [-0.15, -0.1) is 0 Å². The number of aromatic hydroxyl groups is 1. The zero-order chi connectivity index (χ0) is 24.5. The molecule has 0 saturated carbocycles. The van der Waals surface area contributed by atoms with Crippen molar-refractivity contribution in [3.8, 4) is 11.6 Å². The smallest absolute Gasteiger partial charge is 0.333 e. The fourth-order valence-corrected chi connectivity index (χ4v) is 3.97. The van der Waals surface area contributed by atoms with Crippen LogP contribution in [-0.4, -0.2) is 37.0 Å². The third kappa shape index (κ3) is 4.45. The van der Waals surface area contributed by atoms with Crippen LogP contribution in [0.5, 0.6) is 5.88 Å². The Labute approximate surface area is 189 Å². The van der Waals surface area contributed by atoms with Gasteiger partial charge in [-0.3, -0.25) is 18.5 Å². The second-order valence-electron chi connectivity index (χ2n) is 7.17. The highest BCUT2D eigenvalue weighted by Gasteiger charge is 2.15. The number of benzene rings is 1. The van der Waals surface area contributed by atoms with Crippen LogP contribution in [0.15, 0.2) is 44.8 Å². The van der Waals surface area contributed by atoms with Gasteiger partial charge in [0.05, 0.1) is 21.6 Å². The Balaban J connectivity index is 2.12. The second kappa shape index (κ2) is 9.04. The molecule has 10 nitrogen and oxygen atoms in total. The monoisotopic (exact) mass is 472 g/mol. The first kappa shape index (κ1) is 24.0. The van der Waals surface area contributed by atoms with Gasteiger partial charge in [-0.05, 0) is 45.0 Å². The molecule has 3 aromatic rings. The highest BCUT2D eigenvalue weighted by molar-refractivity contribution is 7.85. The minimum Gasteiger partial charge on any atom is -0.494 e. The number of aryl methyl sites for hydroxylation is 1. The Morgan fingerprint density at radius 1 is 1.15 bits per heavy atom. The van der Waals surface area contributed by atoms with Gasteiger partial charge in [-0.25, -0.2) is 9.48 Å². The zero-order valence-electron chi connectivity index (χ0n) is 18.4. The third-order valence-corrected chi connectivity index (χ3v) is 6.01. The van der Waals surface area contributed by atoms with E-state index in [0.29, 0.717) is 21.9 Å². The van der Waals surface area contributed by atoms with Gasteiger partial charge >= 0.3 is 5.69 Å². The predicted octanol–water partition coefficient (Wildman–Crippen LogP) is 0.400. The van der Waals surface area contributed by atoms with Crippen LogP contribution in [0.3, 0.4) is 0 Å². The molecule has 3 rings (SSSR count). The molecule has 0 aliphatic heterocycles. The molecule has 0 unspecified atom stereocenters. The average molecular weight is 473 g/mol. The van der Waals surface area contributed by atoms with Gasteiger partial charge < -0.3 is 5.11 Å². The number of hydrogen-bond acceptors (Lipinski definition) is 6. The van der Waals surface area contributed by atoms with Crippen LogP contribution in [0, 0.1) is 6.92 Å². The summed E-state index contributed by atoms with van der Waals surface area (Å²) in [5.41, 5.74) is -0.228. The van der Waals surface area contributed by atoms with Gasteiger partial charge in [0.25, 0.3) is 15.7 Å². The molecule has 0 amide bonds. The molecule has 2 heterocycles. The first-order chi connectivity index (χ1) is 15.5. The standard InChI is InChI=1S/C22H24N4O6S/c1-5-24-20(27)19(21(28)25(6-2)22(24)29)12-8-11-18-14(3)23-26(15(18)4)16-9-7-10-17(13-16)33(30,31)32/h7-13,27H,4-6H2,1-3H3,(H,30,31,32). The van der Waals surface area contributed by atoms with Crippen LogP contribution in [0.2, 0.25) is 0 Å². The Bertz CT molecular complexity index is 1590. The Kier molecular flexibility index (Phi) is 6.56. The summed E-state index contributed by atoms with van der Waals surface area (Å²) in [4.78, 5) is 24.6. The molecule has 2 aromatic heterocycles. The van der Waals surface area contributed by atoms with Crippen molar-refractivity contribution in [3.63, 3.8) is 0 Å². The SMILES string of the molecule is C=c1c(=CC=Cc2c(O)n(CC)c(=O)n(CC)c2=O)c(C)nn1-c1cccc(S(=O)(=O)O)c1. The van der Waals surface area contributed by atoms with Crippen molar-refractivity contribution in [2.24, 2.45) is 0 Å². The van der Waals surface area contributed by atoms with Crippen LogP contribution in [0.25, 0.3) is 24.4 Å². The topological polar surface area (TPSA) is 136 Å². The normalized spacial score (nSPS) is 12.7. The molecule has 0 aliphatic rings. The Morgan fingerprint density at radius 2 is 1.82 bits per heavy atom. The molecule has 174 valence electrons. The minimum atomic E-state index is -4.38. The Hall–Kier alpha value is -3.70. The van der Waals surface area contributed by atoms with Gasteiger partial charge in [-0.1, -0.05) is 24.8 Å². The van der Waals surface area contributed by atoms with Crippen molar-refractivity contribution in [2.75, 3.05) is 0 Å². The lowest BCUT2D eigenvalue weighted by atomic mass is 10.2. The summed E-state index contributed by atoms with van der Waals surface area (Å²) in [5, 5.41) is 15.8. The van der Waals surface area contributed by atoms with Crippen molar-refractivity contribution < 1.29 is 18.1 Å². The van der Waals surface area contributed by atoms with Crippen molar-refractivity contribution in [2.45, 2.75) is 38.8 Å². The summed E-state index contributed by atoms with van der Waals surface area (Å²) >= 11 is 0. The maximum Gasteiger partial charge on any atom is 0.333 e. The molecule has 33 heavy (non-hydrogen) atoms. The molecule has 1 aromatic carbocycles. The molecular formula is C22H24N4O6S. The van der Waals surface area contributed by atoms with Crippen LogP contribution < -0.4 is 21.8 Å². The fourth-order valence-electron chi connectivity index (χ4n) is 3.45. The van der Waals surface area contributed by atoms with Gasteiger partial charge in [0, 0.05) is 18.3 Å². The highest BCUT2D eigenvalue weighted by Crippen LogP contribution is 2.14. The van der Waals surface area contributed by atoms with Gasteiger partial charge in [0.2, 0.25) is 5.88 Å². The quantitative estimate of drug-likeness (QED) is 0.496. The molecule has 0 fully saturated rings. The van der Waals surface area contributed by atoms with Crippen LogP contribution >= 0.6 is 0 Å². The average Bonchev–Trinajstić information content (AvgIpc) is 3.04. The molecule has 0 atom stereocenters. The fraction of sp³-hybridized carbons (Fsp3) is 0.227. The van der Waals surface area contributed by atoms with E-state index in [2.05, 4.69) is 11.7 Å². The highest BCUT2D eigenvalue weighted by atomic mass is 32.2. The van der Waals surface area contributed by atoms with E-state index in [0.717, 1.165) is 9.13 Å². The summed E-state index contributed by atoms with van der Waals surface area (Å²) in [6.07, 6.45) is 4.59. The molecule has 0 radical (unpaired) electrons. The van der Waals surface area contributed by atoms with E-state index in [4.69, 9.17) is 0 Å². The molecule has 0 bridgehead atoms. The molecular weight excluding hydrogens is 448 g/mol. The van der Waals surface area contributed by atoms with Crippen LogP contribution in [0.4, 0.5) is 0 Å². The summed E-state index contributed by atoms with van der Waals surface area (Å²) < 4.78 is 35.8. The number of allylic oxidation sites excluding steroid dienone is 1. The molecule has 0 aliphatic carbocycles. The first-order valence-electron chi connectivity index (χ1n) is 10.1. The van der Waals surface area contributed by atoms with Crippen molar-refractivity contribution in [1.29, 1.82) is 0 Å². The van der Waals surface area contributed by atoms with Gasteiger partial charge in [0.15, 0.2) is 0 Å². The van der Waals surface area contributed by atoms with E-state index in [1.54, 1.807) is 39.0 Å². The lowest BCUT2D eigenvalue weighted by molar-refractivity contribution is 0.393. The van der Waals surface area contributed by atoms with E-state index in [-0.39, 0.29) is 23.5 Å². The van der Waals surface area contributed by atoms with E-state index in [1.807, 2.05) is 0 Å². The lowest BCUT2D eigenvalue weighted by Gasteiger charge is -2.11. The number of nitrogens with zero attached hydrogens (tertiary/aromatic N) is 4. The maximum absolute atomic E-state index is 12.6. The predicted molar refractivity (Wildman–Crippen MR) is 124 cm³/mol. The molecule has 11 heteroatoms. The molecule has 2 N–H and O–H groups in total. The van der Waals surface area contributed by atoms with Crippen molar-refractivity contribution >= 4 is 28.8 Å².